The first-order valence-electron chi connectivity index (χ1n) is 6.83. The second kappa shape index (κ2) is 8.60. The van der Waals surface area contributed by atoms with Gasteiger partial charge in [0.1, 0.15) is 5.75 Å². The lowest BCUT2D eigenvalue weighted by molar-refractivity contribution is 0.159. The highest BCUT2D eigenvalue weighted by Gasteiger charge is 2.12. The zero-order chi connectivity index (χ0) is 15.0. The molecule has 1 aromatic carbocycles. The van der Waals surface area contributed by atoms with E-state index in [-0.39, 0.29) is 6.61 Å². The maximum Gasteiger partial charge on any atom is 0.119 e. The van der Waals surface area contributed by atoms with Gasteiger partial charge >= 0.3 is 0 Å². The van der Waals surface area contributed by atoms with E-state index in [0.717, 1.165) is 23.4 Å². The van der Waals surface area contributed by atoms with Crippen LogP contribution in [0.4, 0.5) is 0 Å². The van der Waals surface area contributed by atoms with Crippen molar-refractivity contribution < 1.29 is 9.84 Å². The van der Waals surface area contributed by atoms with Crippen molar-refractivity contribution in [3.05, 3.63) is 29.3 Å². The van der Waals surface area contributed by atoms with Gasteiger partial charge in [-0.3, -0.25) is 4.90 Å². The number of hydrogen-bond acceptors (Lipinski definition) is 4. The number of aliphatic hydroxyl groups is 1. The standard InChI is InChI=1S/C16H24N2O2/c1-13(2)18(9-10-19)12-15-11-16(20-3)7-6-14(15)5-4-8-17/h6-7,11,13,19H,8-10,12,17H2,1-3H3. The molecule has 0 saturated carbocycles. The van der Waals surface area contributed by atoms with Gasteiger partial charge in [-0.2, -0.15) is 0 Å². The highest BCUT2D eigenvalue weighted by molar-refractivity contribution is 5.45. The minimum absolute atomic E-state index is 0.145. The summed E-state index contributed by atoms with van der Waals surface area (Å²) in [6.07, 6.45) is 0. The zero-order valence-corrected chi connectivity index (χ0v) is 12.5. The molecule has 0 aliphatic rings. The van der Waals surface area contributed by atoms with Crippen molar-refractivity contribution in [3.63, 3.8) is 0 Å². The highest BCUT2D eigenvalue weighted by Crippen LogP contribution is 2.19. The van der Waals surface area contributed by atoms with E-state index in [4.69, 9.17) is 15.6 Å². The van der Waals surface area contributed by atoms with Crippen LogP contribution >= 0.6 is 0 Å². The summed E-state index contributed by atoms with van der Waals surface area (Å²) in [7, 11) is 1.65. The van der Waals surface area contributed by atoms with E-state index in [1.807, 2.05) is 18.2 Å². The van der Waals surface area contributed by atoms with Gasteiger partial charge < -0.3 is 15.6 Å². The van der Waals surface area contributed by atoms with Crippen molar-refractivity contribution in [2.45, 2.75) is 26.4 Å². The lowest BCUT2D eigenvalue weighted by Gasteiger charge is -2.26. The molecule has 0 aromatic heterocycles. The van der Waals surface area contributed by atoms with E-state index in [0.29, 0.717) is 19.1 Å². The average molecular weight is 276 g/mol. The minimum atomic E-state index is 0.145. The van der Waals surface area contributed by atoms with Crippen LogP contribution < -0.4 is 10.5 Å². The molecular weight excluding hydrogens is 252 g/mol. The molecule has 0 aliphatic heterocycles. The molecule has 4 heteroatoms. The Bertz CT molecular complexity index is 475. The summed E-state index contributed by atoms with van der Waals surface area (Å²) in [6.45, 7) is 6.08. The minimum Gasteiger partial charge on any atom is -0.497 e. The molecule has 0 unspecified atom stereocenters. The second-order valence-electron chi connectivity index (χ2n) is 4.82. The predicted molar refractivity (Wildman–Crippen MR) is 81.6 cm³/mol. The molecule has 20 heavy (non-hydrogen) atoms. The normalized spacial score (nSPS) is 10.6. The van der Waals surface area contributed by atoms with Gasteiger partial charge in [-0.15, -0.1) is 0 Å². The van der Waals surface area contributed by atoms with E-state index in [9.17, 15) is 0 Å². The van der Waals surface area contributed by atoms with Crippen LogP contribution in [-0.2, 0) is 6.54 Å². The van der Waals surface area contributed by atoms with Gasteiger partial charge in [0.15, 0.2) is 0 Å². The summed E-state index contributed by atoms with van der Waals surface area (Å²) in [4.78, 5) is 2.20. The third kappa shape index (κ3) is 4.86. The predicted octanol–water partition coefficient (Wildman–Crippen LogP) is 1.21. The van der Waals surface area contributed by atoms with Crippen molar-refractivity contribution in [1.82, 2.24) is 4.90 Å². The number of benzene rings is 1. The Hall–Kier alpha value is -1.54. The van der Waals surface area contributed by atoms with Gasteiger partial charge in [-0.1, -0.05) is 11.8 Å². The molecule has 110 valence electrons. The van der Waals surface area contributed by atoms with Gasteiger partial charge in [0.25, 0.3) is 0 Å². The first-order chi connectivity index (χ1) is 9.62. The van der Waals surface area contributed by atoms with E-state index in [2.05, 4.69) is 30.6 Å². The van der Waals surface area contributed by atoms with E-state index >= 15 is 0 Å². The quantitative estimate of drug-likeness (QED) is 0.767. The molecule has 0 bridgehead atoms. The summed E-state index contributed by atoms with van der Waals surface area (Å²) in [5, 5.41) is 9.16. The maximum absolute atomic E-state index is 9.16. The Morgan fingerprint density at radius 2 is 2.15 bits per heavy atom. The van der Waals surface area contributed by atoms with Crippen LogP contribution in [0, 0.1) is 11.8 Å². The molecule has 0 fully saturated rings. The first kappa shape index (κ1) is 16.5. The molecule has 0 heterocycles. The Kier molecular flexibility index (Phi) is 7.10. The van der Waals surface area contributed by atoms with Gasteiger partial charge in [-0.25, -0.2) is 0 Å². The fraction of sp³-hybridized carbons (Fsp3) is 0.500. The van der Waals surface area contributed by atoms with Crippen LogP contribution in [-0.4, -0.2) is 42.9 Å². The molecule has 0 atom stereocenters. The van der Waals surface area contributed by atoms with Crippen molar-refractivity contribution in [2.75, 3.05) is 26.8 Å². The lowest BCUT2D eigenvalue weighted by Crippen LogP contribution is -2.33. The molecule has 4 nitrogen and oxygen atoms in total. The summed E-state index contributed by atoms with van der Waals surface area (Å²) in [5.41, 5.74) is 7.49. The first-order valence-corrected chi connectivity index (χ1v) is 6.83. The largest absolute Gasteiger partial charge is 0.497 e. The van der Waals surface area contributed by atoms with E-state index in [1.165, 1.54) is 0 Å². The number of nitrogens with two attached hydrogens (primary N) is 1. The maximum atomic E-state index is 9.16. The van der Waals surface area contributed by atoms with Gasteiger partial charge in [0, 0.05) is 24.7 Å². The smallest absolute Gasteiger partial charge is 0.119 e. The van der Waals surface area contributed by atoms with Crippen LogP contribution in [0.25, 0.3) is 0 Å². The number of aliphatic hydroxyl groups excluding tert-OH is 1. The lowest BCUT2D eigenvalue weighted by atomic mass is 10.1. The molecule has 0 aliphatic carbocycles. The Labute approximate surface area is 121 Å². The fourth-order valence-corrected chi connectivity index (χ4v) is 1.96. The third-order valence-corrected chi connectivity index (χ3v) is 3.13. The Balaban J connectivity index is 3.05. The fourth-order valence-electron chi connectivity index (χ4n) is 1.96. The van der Waals surface area contributed by atoms with Crippen molar-refractivity contribution >= 4 is 0 Å². The summed E-state index contributed by atoms with van der Waals surface area (Å²) < 4.78 is 5.28. The molecule has 1 rings (SSSR count). The number of rotatable bonds is 6. The summed E-state index contributed by atoms with van der Waals surface area (Å²) in [5.74, 6) is 6.79. The highest BCUT2D eigenvalue weighted by atomic mass is 16.5. The molecule has 1 aromatic rings. The second-order valence-corrected chi connectivity index (χ2v) is 4.82. The monoisotopic (exact) mass is 276 g/mol. The number of hydrogen-bond donors (Lipinski definition) is 2. The summed E-state index contributed by atoms with van der Waals surface area (Å²) >= 11 is 0. The van der Waals surface area contributed by atoms with E-state index < -0.39 is 0 Å². The van der Waals surface area contributed by atoms with Crippen LogP contribution in [0.3, 0.4) is 0 Å². The van der Waals surface area contributed by atoms with Crippen LogP contribution in [0.1, 0.15) is 25.0 Å². The molecule has 0 spiro atoms. The molecule has 0 amide bonds. The van der Waals surface area contributed by atoms with E-state index in [1.54, 1.807) is 7.11 Å². The molecule has 0 radical (unpaired) electrons. The number of nitrogens with zero attached hydrogens (tertiary/aromatic N) is 1. The average Bonchev–Trinajstić information content (AvgIpc) is 2.45. The van der Waals surface area contributed by atoms with Gasteiger partial charge in [0.2, 0.25) is 0 Å². The molecule has 3 N–H and O–H groups in total. The van der Waals surface area contributed by atoms with Crippen LogP contribution in [0.2, 0.25) is 0 Å². The summed E-state index contributed by atoms with van der Waals surface area (Å²) in [6, 6.07) is 6.20. The Morgan fingerprint density at radius 1 is 1.40 bits per heavy atom. The SMILES string of the molecule is COc1ccc(C#CCN)c(CN(CCO)C(C)C)c1. The van der Waals surface area contributed by atoms with Crippen molar-refractivity contribution in [3.8, 4) is 17.6 Å². The van der Waals surface area contributed by atoms with Crippen molar-refractivity contribution in [1.29, 1.82) is 0 Å². The zero-order valence-electron chi connectivity index (χ0n) is 12.5. The van der Waals surface area contributed by atoms with Crippen LogP contribution in [0.5, 0.6) is 5.75 Å². The van der Waals surface area contributed by atoms with Crippen LogP contribution in [0.15, 0.2) is 18.2 Å². The third-order valence-electron chi connectivity index (χ3n) is 3.13. The van der Waals surface area contributed by atoms with Gasteiger partial charge in [-0.05, 0) is 37.6 Å². The topological polar surface area (TPSA) is 58.7 Å². The van der Waals surface area contributed by atoms with Gasteiger partial charge in [0.05, 0.1) is 20.3 Å². The Morgan fingerprint density at radius 3 is 2.70 bits per heavy atom. The molecular formula is C16H24N2O2. The molecule has 0 saturated heterocycles. The van der Waals surface area contributed by atoms with Crippen molar-refractivity contribution in [2.24, 2.45) is 5.73 Å². The number of ether oxygens (including phenoxy) is 1. The number of methoxy groups -OCH3 is 1.